The van der Waals surface area contributed by atoms with Gasteiger partial charge in [0.25, 0.3) is 0 Å². The van der Waals surface area contributed by atoms with Crippen molar-refractivity contribution in [1.29, 1.82) is 0 Å². The fourth-order valence-corrected chi connectivity index (χ4v) is 1.78. The first kappa shape index (κ1) is 9.01. The monoisotopic (exact) mass is 157 g/mol. The van der Waals surface area contributed by atoms with E-state index in [-0.39, 0.29) is 6.10 Å². The third-order valence-corrected chi connectivity index (χ3v) is 2.60. The van der Waals surface area contributed by atoms with Crippen LogP contribution in [-0.4, -0.2) is 36.2 Å². The Kier molecular flexibility index (Phi) is 3.34. The van der Waals surface area contributed by atoms with Crippen molar-refractivity contribution in [3.8, 4) is 0 Å². The molecule has 2 heteroatoms. The number of hydrogen-bond donors (Lipinski definition) is 1. The van der Waals surface area contributed by atoms with Gasteiger partial charge in [0.05, 0.1) is 6.10 Å². The Morgan fingerprint density at radius 2 is 1.82 bits per heavy atom. The Morgan fingerprint density at radius 3 is 2.45 bits per heavy atom. The quantitative estimate of drug-likeness (QED) is 0.579. The minimum Gasteiger partial charge on any atom is -0.393 e. The second kappa shape index (κ2) is 4.07. The highest BCUT2D eigenvalue weighted by atomic mass is 16.3. The van der Waals surface area contributed by atoms with Crippen LogP contribution in [0.5, 0.6) is 0 Å². The largest absolute Gasteiger partial charge is 0.393 e. The molecule has 1 fully saturated rings. The molecule has 0 radical (unpaired) electrons. The molecule has 2 nitrogen and oxygen atoms in total. The van der Waals surface area contributed by atoms with Crippen LogP contribution in [0.1, 0.15) is 32.1 Å². The Labute approximate surface area is 69.2 Å². The molecule has 0 aromatic rings. The Balaban J connectivity index is 2.39. The van der Waals surface area contributed by atoms with Crippen LogP contribution in [0.3, 0.4) is 0 Å². The maximum absolute atomic E-state index is 9.48. The molecule has 1 N–H and O–H groups in total. The highest BCUT2D eigenvalue weighted by Crippen LogP contribution is 2.20. The molecule has 66 valence electrons. The van der Waals surface area contributed by atoms with Gasteiger partial charge in [-0.2, -0.15) is 0 Å². The van der Waals surface area contributed by atoms with Crippen LogP contribution in [0.4, 0.5) is 0 Å². The third-order valence-electron chi connectivity index (χ3n) is 2.60. The Hall–Kier alpha value is -0.0800. The van der Waals surface area contributed by atoms with Crippen molar-refractivity contribution in [2.45, 2.75) is 44.2 Å². The van der Waals surface area contributed by atoms with Gasteiger partial charge in [-0.1, -0.05) is 12.8 Å². The summed E-state index contributed by atoms with van der Waals surface area (Å²) < 4.78 is 0. The first-order valence-electron chi connectivity index (χ1n) is 4.54. The standard InChI is InChI=1S/C9H19NO/c1-10(2)8-5-3-4-6-9(11)7-8/h8-9,11H,3-7H2,1-2H3. The molecule has 1 aliphatic carbocycles. The van der Waals surface area contributed by atoms with Crippen molar-refractivity contribution in [3.05, 3.63) is 0 Å². The van der Waals surface area contributed by atoms with Gasteiger partial charge in [-0.15, -0.1) is 0 Å². The van der Waals surface area contributed by atoms with E-state index in [9.17, 15) is 5.11 Å². The molecule has 0 heterocycles. The summed E-state index contributed by atoms with van der Waals surface area (Å²) >= 11 is 0. The first-order valence-corrected chi connectivity index (χ1v) is 4.54. The summed E-state index contributed by atoms with van der Waals surface area (Å²) in [6.45, 7) is 0. The van der Waals surface area contributed by atoms with Crippen LogP contribution >= 0.6 is 0 Å². The summed E-state index contributed by atoms with van der Waals surface area (Å²) in [5.41, 5.74) is 0. The van der Waals surface area contributed by atoms with E-state index in [1.165, 1.54) is 19.3 Å². The Bertz CT molecular complexity index is 114. The normalized spacial score (nSPS) is 33.8. The molecule has 1 saturated carbocycles. The second-order valence-electron chi connectivity index (χ2n) is 3.79. The van der Waals surface area contributed by atoms with Crippen molar-refractivity contribution in [2.24, 2.45) is 0 Å². The molecule has 0 saturated heterocycles. The highest BCUT2D eigenvalue weighted by Gasteiger charge is 2.19. The zero-order chi connectivity index (χ0) is 8.27. The lowest BCUT2D eigenvalue weighted by Crippen LogP contribution is -2.30. The highest BCUT2D eigenvalue weighted by molar-refractivity contribution is 4.74. The predicted octanol–water partition coefficient (Wildman–Crippen LogP) is 1.24. The predicted molar refractivity (Wildman–Crippen MR) is 46.6 cm³/mol. The fourth-order valence-electron chi connectivity index (χ4n) is 1.78. The third kappa shape index (κ3) is 2.80. The van der Waals surface area contributed by atoms with Gasteiger partial charge in [-0.05, 0) is 33.4 Å². The van der Waals surface area contributed by atoms with E-state index in [0.717, 1.165) is 12.8 Å². The van der Waals surface area contributed by atoms with Crippen molar-refractivity contribution < 1.29 is 5.11 Å². The second-order valence-corrected chi connectivity index (χ2v) is 3.79. The topological polar surface area (TPSA) is 23.5 Å². The van der Waals surface area contributed by atoms with E-state index < -0.39 is 0 Å². The molecular weight excluding hydrogens is 138 g/mol. The molecule has 1 aliphatic rings. The lowest BCUT2D eigenvalue weighted by Gasteiger charge is -2.23. The van der Waals surface area contributed by atoms with E-state index in [1.807, 2.05) is 0 Å². The zero-order valence-corrected chi connectivity index (χ0v) is 7.58. The van der Waals surface area contributed by atoms with Gasteiger partial charge in [0, 0.05) is 6.04 Å². The molecule has 0 bridgehead atoms. The molecule has 0 aromatic carbocycles. The number of nitrogens with zero attached hydrogens (tertiary/aromatic N) is 1. The summed E-state index contributed by atoms with van der Waals surface area (Å²) in [6.07, 6.45) is 5.65. The van der Waals surface area contributed by atoms with Crippen molar-refractivity contribution >= 4 is 0 Å². The number of aliphatic hydroxyl groups excluding tert-OH is 1. The number of rotatable bonds is 1. The lowest BCUT2D eigenvalue weighted by atomic mass is 10.1. The van der Waals surface area contributed by atoms with E-state index >= 15 is 0 Å². The van der Waals surface area contributed by atoms with Gasteiger partial charge in [0.1, 0.15) is 0 Å². The van der Waals surface area contributed by atoms with Crippen LogP contribution in [-0.2, 0) is 0 Å². The van der Waals surface area contributed by atoms with Crippen LogP contribution in [0.15, 0.2) is 0 Å². The van der Waals surface area contributed by atoms with Gasteiger partial charge in [0.15, 0.2) is 0 Å². The van der Waals surface area contributed by atoms with Gasteiger partial charge in [-0.3, -0.25) is 0 Å². The van der Waals surface area contributed by atoms with E-state index in [2.05, 4.69) is 19.0 Å². The van der Waals surface area contributed by atoms with Gasteiger partial charge in [0.2, 0.25) is 0 Å². The van der Waals surface area contributed by atoms with Crippen molar-refractivity contribution in [2.75, 3.05) is 14.1 Å². The minimum atomic E-state index is -0.0510. The van der Waals surface area contributed by atoms with E-state index in [4.69, 9.17) is 0 Å². The molecule has 2 atom stereocenters. The van der Waals surface area contributed by atoms with E-state index in [0.29, 0.717) is 6.04 Å². The fraction of sp³-hybridized carbons (Fsp3) is 1.00. The van der Waals surface area contributed by atoms with Crippen LogP contribution in [0, 0.1) is 0 Å². The van der Waals surface area contributed by atoms with Crippen LogP contribution < -0.4 is 0 Å². The molecule has 1 rings (SSSR count). The summed E-state index contributed by atoms with van der Waals surface area (Å²) in [5.74, 6) is 0. The van der Waals surface area contributed by atoms with E-state index in [1.54, 1.807) is 0 Å². The number of aliphatic hydroxyl groups is 1. The van der Waals surface area contributed by atoms with Crippen LogP contribution in [0.2, 0.25) is 0 Å². The summed E-state index contributed by atoms with van der Waals surface area (Å²) in [7, 11) is 4.20. The average molecular weight is 157 g/mol. The van der Waals surface area contributed by atoms with Crippen LogP contribution in [0.25, 0.3) is 0 Å². The molecule has 0 amide bonds. The first-order chi connectivity index (χ1) is 5.20. The molecule has 11 heavy (non-hydrogen) atoms. The Morgan fingerprint density at radius 1 is 1.18 bits per heavy atom. The molecule has 0 aliphatic heterocycles. The average Bonchev–Trinajstić information content (AvgIpc) is 2.13. The smallest absolute Gasteiger partial charge is 0.0555 e. The molecule has 2 unspecified atom stereocenters. The van der Waals surface area contributed by atoms with Gasteiger partial charge < -0.3 is 10.0 Å². The molecule has 0 aromatic heterocycles. The van der Waals surface area contributed by atoms with Gasteiger partial charge in [-0.25, -0.2) is 0 Å². The zero-order valence-electron chi connectivity index (χ0n) is 7.58. The number of hydrogen-bond acceptors (Lipinski definition) is 2. The summed E-state index contributed by atoms with van der Waals surface area (Å²) in [6, 6.07) is 0.604. The summed E-state index contributed by atoms with van der Waals surface area (Å²) in [4.78, 5) is 2.23. The summed E-state index contributed by atoms with van der Waals surface area (Å²) in [5, 5.41) is 9.48. The molecular formula is C9H19NO. The minimum absolute atomic E-state index is 0.0510. The maximum atomic E-state index is 9.48. The van der Waals surface area contributed by atoms with Crippen molar-refractivity contribution in [3.63, 3.8) is 0 Å². The maximum Gasteiger partial charge on any atom is 0.0555 e. The molecule has 0 spiro atoms. The SMILES string of the molecule is CN(C)C1CCCCC(O)C1. The van der Waals surface area contributed by atoms with Gasteiger partial charge >= 0.3 is 0 Å². The lowest BCUT2D eigenvalue weighted by molar-refractivity contribution is 0.125. The van der Waals surface area contributed by atoms with Crippen molar-refractivity contribution in [1.82, 2.24) is 4.90 Å².